The lowest BCUT2D eigenvalue weighted by Crippen LogP contribution is -2.01. The van der Waals surface area contributed by atoms with Crippen LogP contribution in [-0.2, 0) is 6.42 Å². The number of hydrogen-bond donors (Lipinski definition) is 0. The van der Waals surface area contributed by atoms with Crippen LogP contribution in [0, 0.1) is 13.8 Å². The van der Waals surface area contributed by atoms with Crippen LogP contribution >= 0.6 is 38.6 Å². The number of ketones is 1. The average molecular weight is 316 g/mol. The molecular weight excluding hydrogens is 306 g/mol. The van der Waals surface area contributed by atoms with E-state index in [-0.39, 0.29) is 5.78 Å². The summed E-state index contributed by atoms with van der Waals surface area (Å²) in [4.78, 5) is 18.2. The maximum absolute atomic E-state index is 12.0. The number of rotatable bonds is 3. The van der Waals surface area contributed by atoms with E-state index in [4.69, 9.17) is 0 Å². The Hall–Kier alpha value is -0.520. The number of hydrogen-bond acceptors (Lipinski definition) is 4. The van der Waals surface area contributed by atoms with E-state index >= 15 is 0 Å². The highest BCUT2D eigenvalue weighted by Gasteiger charge is 2.14. The largest absolute Gasteiger partial charge is 0.293 e. The minimum Gasteiger partial charge on any atom is -0.293 e. The van der Waals surface area contributed by atoms with E-state index in [9.17, 15) is 4.79 Å². The summed E-state index contributed by atoms with van der Waals surface area (Å²) in [5, 5.41) is 2.95. The van der Waals surface area contributed by atoms with Crippen molar-refractivity contribution >= 4 is 44.4 Å². The fraction of sp³-hybridized carbons (Fsp3) is 0.273. The molecule has 0 aliphatic heterocycles. The predicted molar refractivity (Wildman–Crippen MR) is 71.6 cm³/mol. The van der Waals surface area contributed by atoms with Gasteiger partial charge in [0.2, 0.25) is 0 Å². The summed E-state index contributed by atoms with van der Waals surface area (Å²) in [6.45, 7) is 3.82. The number of carbonyl (C=O) groups excluding carboxylic acids is 1. The van der Waals surface area contributed by atoms with Gasteiger partial charge in [0.15, 0.2) is 5.78 Å². The maximum Gasteiger partial charge on any atom is 0.179 e. The molecule has 0 spiro atoms. The van der Waals surface area contributed by atoms with Gasteiger partial charge in [-0.15, -0.1) is 22.7 Å². The van der Waals surface area contributed by atoms with Gasteiger partial charge in [0.05, 0.1) is 15.6 Å². The highest BCUT2D eigenvalue weighted by atomic mass is 79.9. The van der Waals surface area contributed by atoms with Crippen molar-refractivity contribution in [1.29, 1.82) is 0 Å². The van der Waals surface area contributed by atoms with Crippen molar-refractivity contribution in [2.45, 2.75) is 20.3 Å². The van der Waals surface area contributed by atoms with Crippen molar-refractivity contribution in [1.82, 2.24) is 4.98 Å². The summed E-state index contributed by atoms with van der Waals surface area (Å²) in [5.41, 5.74) is 0.850. The SMILES string of the molecule is Cc1nc(C)c(C(=O)Cc2cc(Br)cs2)s1. The first-order valence-corrected chi connectivity index (χ1v) is 7.25. The second-order valence-corrected chi connectivity index (χ2v) is 6.59. The molecule has 0 aromatic carbocycles. The van der Waals surface area contributed by atoms with E-state index in [1.54, 1.807) is 11.3 Å². The van der Waals surface area contributed by atoms with E-state index in [2.05, 4.69) is 20.9 Å². The maximum atomic E-state index is 12.0. The Labute approximate surface area is 110 Å². The number of thiazole rings is 1. The minimum absolute atomic E-state index is 0.164. The van der Waals surface area contributed by atoms with Crippen LogP contribution in [0.4, 0.5) is 0 Å². The Morgan fingerprint density at radius 3 is 2.75 bits per heavy atom. The zero-order valence-electron chi connectivity index (χ0n) is 8.91. The van der Waals surface area contributed by atoms with Gasteiger partial charge in [0.1, 0.15) is 0 Å². The van der Waals surface area contributed by atoms with E-state index < -0.39 is 0 Å². The summed E-state index contributed by atoms with van der Waals surface area (Å²) < 4.78 is 1.04. The van der Waals surface area contributed by atoms with Gasteiger partial charge in [-0.1, -0.05) is 0 Å². The van der Waals surface area contributed by atoms with Crippen LogP contribution in [0.1, 0.15) is 25.3 Å². The predicted octanol–water partition coefficient (Wildman–Crippen LogP) is 4.01. The van der Waals surface area contributed by atoms with Crippen molar-refractivity contribution in [3.05, 3.63) is 36.4 Å². The molecule has 0 aliphatic carbocycles. The fourth-order valence-electron chi connectivity index (χ4n) is 1.48. The molecule has 0 fully saturated rings. The first kappa shape index (κ1) is 12.0. The molecule has 0 unspecified atom stereocenters. The molecule has 0 N–H and O–H groups in total. The van der Waals surface area contributed by atoms with E-state index in [0.717, 1.165) is 24.9 Å². The first-order valence-electron chi connectivity index (χ1n) is 4.76. The van der Waals surface area contributed by atoms with Crippen molar-refractivity contribution in [3.63, 3.8) is 0 Å². The van der Waals surface area contributed by atoms with Gasteiger partial charge in [-0.2, -0.15) is 0 Å². The average Bonchev–Trinajstić information content (AvgIpc) is 2.73. The van der Waals surface area contributed by atoms with E-state index in [1.165, 1.54) is 11.3 Å². The molecular formula is C11H10BrNOS2. The Kier molecular flexibility index (Phi) is 3.56. The smallest absolute Gasteiger partial charge is 0.179 e. The Morgan fingerprint density at radius 2 is 2.25 bits per heavy atom. The van der Waals surface area contributed by atoms with Crippen molar-refractivity contribution in [2.75, 3.05) is 0 Å². The normalized spacial score (nSPS) is 10.7. The Morgan fingerprint density at radius 1 is 1.50 bits per heavy atom. The molecule has 5 heteroatoms. The summed E-state index contributed by atoms with van der Waals surface area (Å²) in [6, 6.07) is 1.99. The molecule has 0 aliphatic rings. The lowest BCUT2D eigenvalue weighted by Gasteiger charge is -1.95. The number of Topliss-reactive ketones (excluding diaryl/α,β-unsaturated/α-hetero) is 1. The molecule has 16 heavy (non-hydrogen) atoms. The monoisotopic (exact) mass is 315 g/mol. The quantitative estimate of drug-likeness (QED) is 0.801. The molecule has 84 valence electrons. The molecule has 0 saturated heterocycles. The van der Waals surface area contributed by atoms with Crippen LogP contribution in [-0.4, -0.2) is 10.8 Å². The molecule has 2 aromatic heterocycles. The van der Waals surface area contributed by atoms with Crippen molar-refractivity contribution < 1.29 is 4.79 Å². The fourth-order valence-corrected chi connectivity index (χ4v) is 3.78. The topological polar surface area (TPSA) is 30.0 Å². The Bertz CT molecular complexity index is 530. The Balaban J connectivity index is 2.17. The lowest BCUT2D eigenvalue weighted by molar-refractivity contribution is 0.0997. The van der Waals surface area contributed by atoms with Crippen molar-refractivity contribution in [2.24, 2.45) is 0 Å². The van der Waals surface area contributed by atoms with Gasteiger partial charge in [-0.3, -0.25) is 4.79 Å². The van der Waals surface area contributed by atoms with Crippen LogP contribution < -0.4 is 0 Å². The van der Waals surface area contributed by atoms with Gasteiger partial charge in [-0.05, 0) is 35.8 Å². The molecule has 0 bridgehead atoms. The molecule has 2 heterocycles. The zero-order valence-corrected chi connectivity index (χ0v) is 12.1. The number of aryl methyl sites for hydroxylation is 2. The molecule has 0 radical (unpaired) electrons. The standard InChI is InChI=1S/C11H10BrNOS2/c1-6-11(16-7(2)13-6)10(14)4-9-3-8(12)5-15-9/h3,5H,4H2,1-2H3. The molecule has 2 rings (SSSR count). The zero-order chi connectivity index (χ0) is 11.7. The summed E-state index contributed by atoms with van der Waals surface area (Å²) in [5.74, 6) is 0.164. The number of carbonyl (C=O) groups is 1. The van der Waals surface area contributed by atoms with Crippen LogP contribution in [0.15, 0.2) is 15.9 Å². The van der Waals surface area contributed by atoms with Crippen LogP contribution in [0.5, 0.6) is 0 Å². The van der Waals surface area contributed by atoms with Crippen LogP contribution in [0.25, 0.3) is 0 Å². The second kappa shape index (κ2) is 4.77. The number of aromatic nitrogens is 1. The van der Waals surface area contributed by atoms with Gasteiger partial charge < -0.3 is 0 Å². The second-order valence-electron chi connectivity index (χ2n) is 3.48. The van der Waals surface area contributed by atoms with E-state index in [0.29, 0.717) is 6.42 Å². The third kappa shape index (κ3) is 2.59. The van der Waals surface area contributed by atoms with Crippen LogP contribution in [0.2, 0.25) is 0 Å². The third-order valence-electron chi connectivity index (χ3n) is 2.11. The summed E-state index contributed by atoms with van der Waals surface area (Å²) >= 11 is 6.47. The van der Waals surface area contributed by atoms with E-state index in [1.807, 2.05) is 25.3 Å². The highest BCUT2D eigenvalue weighted by molar-refractivity contribution is 9.10. The minimum atomic E-state index is 0.164. The van der Waals surface area contributed by atoms with Crippen molar-refractivity contribution in [3.8, 4) is 0 Å². The number of thiophene rings is 1. The molecule has 2 nitrogen and oxygen atoms in total. The lowest BCUT2D eigenvalue weighted by atomic mass is 10.2. The molecule has 0 amide bonds. The van der Waals surface area contributed by atoms with Gasteiger partial charge >= 0.3 is 0 Å². The molecule has 2 aromatic rings. The highest BCUT2D eigenvalue weighted by Crippen LogP contribution is 2.24. The van der Waals surface area contributed by atoms with Gasteiger partial charge in [-0.25, -0.2) is 4.98 Å². The first-order chi connectivity index (χ1) is 7.56. The summed E-state index contributed by atoms with van der Waals surface area (Å²) in [7, 11) is 0. The molecule has 0 atom stereocenters. The molecule has 0 saturated carbocycles. The summed E-state index contributed by atoms with van der Waals surface area (Å²) in [6.07, 6.45) is 0.471. The number of halogens is 1. The third-order valence-corrected chi connectivity index (χ3v) is 4.92. The number of nitrogens with zero attached hydrogens (tertiary/aromatic N) is 1. The van der Waals surface area contributed by atoms with Crippen LogP contribution in [0.3, 0.4) is 0 Å². The van der Waals surface area contributed by atoms with Gasteiger partial charge in [0, 0.05) is 21.2 Å². The van der Waals surface area contributed by atoms with Gasteiger partial charge in [0.25, 0.3) is 0 Å².